The molecular weight excluding hydrogens is 662 g/mol. The lowest BCUT2D eigenvalue weighted by atomic mass is 9.95. The molecule has 2 nitrogen and oxygen atoms in total. The molecule has 10 rings (SSSR count). The van der Waals surface area contributed by atoms with Crippen LogP contribution in [0.4, 0.5) is 4.39 Å². The van der Waals surface area contributed by atoms with Crippen LogP contribution in [0.1, 0.15) is 0 Å². The Labute approximate surface area is 312 Å². The van der Waals surface area contributed by atoms with E-state index in [1.807, 2.05) is 12.1 Å². The molecule has 0 aliphatic rings. The van der Waals surface area contributed by atoms with E-state index in [0.29, 0.717) is 5.58 Å². The molecule has 0 amide bonds. The number of hydrogen-bond acceptors (Lipinski definition) is 2. The van der Waals surface area contributed by atoms with Gasteiger partial charge in [-0.05, 0) is 91.7 Å². The second kappa shape index (κ2) is 13.1. The van der Waals surface area contributed by atoms with Gasteiger partial charge in [0, 0.05) is 28.0 Å². The first kappa shape index (κ1) is 31.6. The van der Waals surface area contributed by atoms with Crippen molar-refractivity contribution in [1.29, 1.82) is 0 Å². The molecule has 2 heterocycles. The first-order chi connectivity index (χ1) is 26.6. The van der Waals surface area contributed by atoms with Crippen molar-refractivity contribution in [2.24, 2.45) is 0 Å². The maximum Gasteiger partial charge on any atom is 0.138 e. The molecule has 0 spiro atoms. The smallest absolute Gasteiger partial charge is 0.138 e. The average Bonchev–Trinajstić information content (AvgIpc) is 3.60. The van der Waals surface area contributed by atoms with Crippen molar-refractivity contribution in [3.63, 3.8) is 0 Å². The first-order valence-corrected chi connectivity index (χ1v) is 18.1. The Bertz CT molecular complexity index is 2960. The number of hydrogen-bond donors (Lipinski definition) is 0. The highest BCUT2D eigenvalue weighted by molar-refractivity contribution is 6.06. The third-order valence-corrected chi connectivity index (χ3v) is 10.4. The molecule has 0 fully saturated rings. The number of furan rings is 1. The fourth-order valence-electron chi connectivity index (χ4n) is 7.54. The van der Waals surface area contributed by atoms with Crippen LogP contribution in [0.3, 0.4) is 0 Å². The summed E-state index contributed by atoms with van der Waals surface area (Å²) >= 11 is 0. The highest BCUT2D eigenvalue weighted by Gasteiger charge is 2.12. The van der Waals surface area contributed by atoms with Gasteiger partial charge in [-0.2, -0.15) is 0 Å². The summed E-state index contributed by atoms with van der Waals surface area (Å²) in [5, 5.41) is 4.38. The van der Waals surface area contributed by atoms with Crippen LogP contribution in [-0.2, 0) is 0 Å². The van der Waals surface area contributed by atoms with Crippen molar-refractivity contribution in [2.75, 3.05) is 0 Å². The molecule has 0 bridgehead atoms. The van der Waals surface area contributed by atoms with Crippen LogP contribution < -0.4 is 0 Å². The second-order valence-electron chi connectivity index (χ2n) is 13.7. The van der Waals surface area contributed by atoms with Crippen molar-refractivity contribution in [3.05, 3.63) is 200 Å². The third-order valence-electron chi connectivity index (χ3n) is 10.4. The SMILES string of the molecule is Fc1ccc2c(c1)oc1ccc(-c3ccc(-c4ccc(-c5cc(-c6ccccc6)nc(-c6ccc(-c7cccc8ccccc78)cc6)c5)cc4)cc3)cc12. The van der Waals surface area contributed by atoms with Gasteiger partial charge in [-0.25, -0.2) is 9.37 Å². The molecule has 2 aromatic heterocycles. The van der Waals surface area contributed by atoms with Gasteiger partial charge in [0.15, 0.2) is 0 Å². The van der Waals surface area contributed by atoms with Gasteiger partial charge in [0.25, 0.3) is 0 Å². The van der Waals surface area contributed by atoms with E-state index in [0.717, 1.165) is 72.3 Å². The summed E-state index contributed by atoms with van der Waals surface area (Å²) in [5.74, 6) is -0.299. The Kier molecular flexibility index (Phi) is 7.70. The van der Waals surface area contributed by atoms with E-state index in [1.165, 1.54) is 34.0 Å². The first-order valence-electron chi connectivity index (χ1n) is 18.1. The van der Waals surface area contributed by atoms with Crippen LogP contribution in [0.25, 0.3) is 99.7 Å². The zero-order valence-electron chi connectivity index (χ0n) is 29.2. The molecule has 54 heavy (non-hydrogen) atoms. The maximum absolute atomic E-state index is 13.8. The lowest BCUT2D eigenvalue weighted by Crippen LogP contribution is -1.91. The van der Waals surface area contributed by atoms with Crippen LogP contribution in [0, 0.1) is 5.82 Å². The molecular formula is C51H32FNO. The zero-order chi connectivity index (χ0) is 36.0. The summed E-state index contributed by atoms with van der Waals surface area (Å²) in [4.78, 5) is 5.16. The fraction of sp³-hybridized carbons (Fsp3) is 0. The minimum absolute atomic E-state index is 0.299. The third kappa shape index (κ3) is 5.82. The number of fused-ring (bicyclic) bond motifs is 4. The van der Waals surface area contributed by atoms with Gasteiger partial charge < -0.3 is 4.42 Å². The normalized spacial score (nSPS) is 11.4. The molecule has 8 aromatic carbocycles. The van der Waals surface area contributed by atoms with Gasteiger partial charge in [0.2, 0.25) is 0 Å². The fourth-order valence-corrected chi connectivity index (χ4v) is 7.54. The summed E-state index contributed by atoms with van der Waals surface area (Å²) in [6.07, 6.45) is 0. The predicted molar refractivity (Wildman–Crippen MR) is 222 cm³/mol. The van der Waals surface area contributed by atoms with Gasteiger partial charge >= 0.3 is 0 Å². The number of nitrogens with zero attached hydrogens (tertiary/aromatic N) is 1. The van der Waals surface area contributed by atoms with Crippen LogP contribution in [0.15, 0.2) is 199 Å². The molecule has 0 aliphatic heterocycles. The highest BCUT2D eigenvalue weighted by atomic mass is 19.1. The van der Waals surface area contributed by atoms with Crippen LogP contribution >= 0.6 is 0 Å². The number of rotatable bonds is 6. The summed E-state index contributed by atoms with van der Waals surface area (Å²) in [6.45, 7) is 0. The number of halogens is 1. The lowest BCUT2D eigenvalue weighted by molar-refractivity contribution is 0.618. The van der Waals surface area contributed by atoms with Crippen molar-refractivity contribution >= 4 is 32.7 Å². The van der Waals surface area contributed by atoms with E-state index in [4.69, 9.17) is 9.40 Å². The summed E-state index contributed by atoms with van der Waals surface area (Å²) in [6, 6.07) is 66.8. The van der Waals surface area contributed by atoms with Crippen LogP contribution in [0.5, 0.6) is 0 Å². The molecule has 0 saturated heterocycles. The molecule has 0 radical (unpaired) electrons. The van der Waals surface area contributed by atoms with Gasteiger partial charge in [0.1, 0.15) is 17.0 Å². The highest BCUT2D eigenvalue weighted by Crippen LogP contribution is 2.36. The Morgan fingerprint density at radius 3 is 1.61 bits per heavy atom. The molecule has 0 N–H and O–H groups in total. The van der Waals surface area contributed by atoms with E-state index in [2.05, 4.69) is 164 Å². The number of benzene rings is 8. The minimum Gasteiger partial charge on any atom is -0.456 e. The van der Waals surface area contributed by atoms with E-state index in [-0.39, 0.29) is 5.82 Å². The number of aromatic nitrogens is 1. The van der Waals surface area contributed by atoms with E-state index in [9.17, 15) is 4.39 Å². The Balaban J connectivity index is 0.955. The molecule has 3 heteroatoms. The van der Waals surface area contributed by atoms with Crippen molar-refractivity contribution in [2.45, 2.75) is 0 Å². The average molecular weight is 694 g/mol. The number of pyridine rings is 1. The van der Waals surface area contributed by atoms with Crippen molar-refractivity contribution in [3.8, 4) is 67.0 Å². The summed E-state index contributed by atoms with van der Waals surface area (Å²) in [5.41, 5.74) is 14.5. The molecule has 10 aromatic rings. The zero-order valence-corrected chi connectivity index (χ0v) is 29.2. The summed E-state index contributed by atoms with van der Waals surface area (Å²) < 4.78 is 19.7. The molecule has 0 unspecified atom stereocenters. The van der Waals surface area contributed by atoms with Gasteiger partial charge in [0.05, 0.1) is 11.4 Å². The molecule has 0 atom stereocenters. The van der Waals surface area contributed by atoms with E-state index >= 15 is 0 Å². The predicted octanol–water partition coefficient (Wildman–Crippen LogP) is 14.3. The largest absolute Gasteiger partial charge is 0.456 e. The van der Waals surface area contributed by atoms with Crippen molar-refractivity contribution < 1.29 is 8.81 Å². The quantitative estimate of drug-likeness (QED) is 0.173. The standard InChI is InChI=1S/C51H32FNO/c52-43-26-27-46-47-29-41(25-28-50(47)54-51(46)32-43)35-17-13-33(14-18-35)34-15-19-36(20-16-34)42-30-48(39-8-2-1-3-9-39)53-49(31-42)40-23-21-38(22-24-40)45-12-6-10-37-7-4-5-11-44(37)45/h1-32H. The van der Waals surface area contributed by atoms with Crippen LogP contribution in [0.2, 0.25) is 0 Å². The molecule has 0 aliphatic carbocycles. The van der Waals surface area contributed by atoms with Crippen LogP contribution in [-0.4, -0.2) is 4.98 Å². The minimum atomic E-state index is -0.299. The van der Waals surface area contributed by atoms with E-state index < -0.39 is 0 Å². The Morgan fingerprint density at radius 1 is 0.333 bits per heavy atom. The van der Waals surface area contributed by atoms with Gasteiger partial charge in [-0.15, -0.1) is 0 Å². The maximum atomic E-state index is 13.8. The topological polar surface area (TPSA) is 26.0 Å². The lowest BCUT2D eigenvalue weighted by Gasteiger charge is -2.12. The Hall–Kier alpha value is -7.10. The van der Waals surface area contributed by atoms with Crippen molar-refractivity contribution in [1.82, 2.24) is 4.98 Å². The monoisotopic (exact) mass is 693 g/mol. The van der Waals surface area contributed by atoms with Gasteiger partial charge in [-0.3, -0.25) is 0 Å². The van der Waals surface area contributed by atoms with E-state index in [1.54, 1.807) is 6.07 Å². The molecule has 0 saturated carbocycles. The Morgan fingerprint density at radius 2 is 0.889 bits per heavy atom. The summed E-state index contributed by atoms with van der Waals surface area (Å²) in [7, 11) is 0. The molecule has 254 valence electrons. The van der Waals surface area contributed by atoms with Gasteiger partial charge in [-0.1, -0.05) is 152 Å². The second-order valence-corrected chi connectivity index (χ2v) is 13.7.